The molecule has 2 saturated heterocycles. The molecule has 2 aliphatic carbocycles. The van der Waals surface area contributed by atoms with E-state index in [1.54, 1.807) is 7.05 Å². The number of hydrogen-bond donors (Lipinski definition) is 2. The number of fused-ring (bicyclic) bond motifs is 1. The van der Waals surface area contributed by atoms with Crippen LogP contribution in [0.5, 0.6) is 0 Å². The number of Topliss-reactive ketones (excluding diaryl/α,β-unsaturated/α-hetero) is 1. The minimum atomic E-state index is -0.502. The number of ketones is 1. The van der Waals surface area contributed by atoms with Gasteiger partial charge in [0, 0.05) is 17.2 Å². The number of aromatic nitrogens is 1. The number of likely N-dealkylation sites (N-methyl/N-ethyl adjacent to an activating group) is 1. The van der Waals surface area contributed by atoms with E-state index >= 15 is 0 Å². The normalized spacial score (nSPS) is 31.8. The average molecular weight is 512 g/mol. The second kappa shape index (κ2) is 10.2. The summed E-state index contributed by atoms with van der Waals surface area (Å²) in [4.78, 5) is 47.0. The maximum atomic E-state index is 14.0. The molecular formula is C27H40BN4O3S. The van der Waals surface area contributed by atoms with Crippen molar-refractivity contribution in [3.05, 3.63) is 16.1 Å². The highest BCUT2D eigenvalue weighted by molar-refractivity contribution is 7.10. The number of hydrogen-bond acceptors (Lipinski definition) is 6. The van der Waals surface area contributed by atoms with Crippen LogP contribution in [0.3, 0.4) is 0 Å². The van der Waals surface area contributed by atoms with E-state index in [9.17, 15) is 14.4 Å². The zero-order chi connectivity index (χ0) is 25.5. The molecule has 1 aromatic heterocycles. The predicted octanol–water partition coefficient (Wildman–Crippen LogP) is 4.29. The Kier molecular flexibility index (Phi) is 7.34. The summed E-state index contributed by atoms with van der Waals surface area (Å²) >= 11 is 1.51. The Hall–Kier alpha value is -1.74. The molecule has 2 saturated carbocycles. The lowest BCUT2D eigenvalue weighted by Crippen LogP contribution is -2.55. The molecule has 195 valence electrons. The van der Waals surface area contributed by atoms with Gasteiger partial charge in [0.2, 0.25) is 11.8 Å². The molecule has 0 bridgehead atoms. The summed E-state index contributed by atoms with van der Waals surface area (Å²) in [6, 6.07) is -0.972. The van der Waals surface area contributed by atoms with Gasteiger partial charge in [0.05, 0.1) is 12.1 Å². The quantitative estimate of drug-likeness (QED) is 0.401. The Bertz CT molecular complexity index is 1010. The minimum absolute atomic E-state index is 0.0121. The SMILES string of the molecule is CNC(C)C(=O)NC(C(=O)N1CCCC1c1nc(C(=O)C23[B][C@]2(C)CCCC3)cs1)C1CCCCC1. The number of rotatable bonds is 8. The van der Waals surface area contributed by atoms with Gasteiger partial charge >= 0.3 is 0 Å². The molecule has 3 heterocycles. The number of amides is 2. The van der Waals surface area contributed by atoms with Crippen molar-refractivity contribution in [1.29, 1.82) is 0 Å². The number of nitrogens with zero attached hydrogens (tertiary/aromatic N) is 2. The van der Waals surface area contributed by atoms with Crippen LogP contribution in [-0.4, -0.2) is 60.4 Å². The van der Waals surface area contributed by atoms with Gasteiger partial charge in [-0.15, -0.1) is 11.3 Å². The number of carbonyl (C=O) groups is 3. The highest BCUT2D eigenvalue weighted by Crippen LogP contribution is 2.76. The Labute approximate surface area is 219 Å². The molecule has 4 unspecified atom stereocenters. The Morgan fingerprint density at radius 2 is 1.86 bits per heavy atom. The zero-order valence-corrected chi connectivity index (χ0v) is 22.8. The molecule has 2 N–H and O–H groups in total. The number of nitrogens with one attached hydrogen (secondary N) is 2. The van der Waals surface area contributed by atoms with Crippen LogP contribution in [0.15, 0.2) is 5.38 Å². The molecule has 4 fully saturated rings. The van der Waals surface area contributed by atoms with Crippen LogP contribution in [0.1, 0.15) is 106 Å². The molecule has 1 aromatic rings. The van der Waals surface area contributed by atoms with Gasteiger partial charge in [-0.1, -0.05) is 50.8 Å². The topological polar surface area (TPSA) is 91.4 Å². The third-order valence-electron chi connectivity index (χ3n) is 9.51. The molecule has 9 heteroatoms. The van der Waals surface area contributed by atoms with E-state index in [1.807, 2.05) is 17.2 Å². The second-order valence-corrected chi connectivity index (χ2v) is 12.6. The summed E-state index contributed by atoms with van der Waals surface area (Å²) in [5.41, 5.74) is 0.566. The van der Waals surface area contributed by atoms with Gasteiger partial charge in [0.15, 0.2) is 5.78 Å². The molecule has 36 heavy (non-hydrogen) atoms. The van der Waals surface area contributed by atoms with Gasteiger partial charge < -0.3 is 15.5 Å². The summed E-state index contributed by atoms with van der Waals surface area (Å²) in [6.07, 6.45) is 11.4. The molecule has 0 spiro atoms. The van der Waals surface area contributed by atoms with Gasteiger partial charge in [0.25, 0.3) is 0 Å². The predicted molar refractivity (Wildman–Crippen MR) is 142 cm³/mol. The number of carbonyl (C=O) groups excluding carboxylic acids is 3. The molecule has 0 aromatic carbocycles. The van der Waals surface area contributed by atoms with E-state index in [4.69, 9.17) is 4.98 Å². The molecule has 2 aliphatic heterocycles. The first kappa shape index (κ1) is 25.9. The fraction of sp³-hybridized carbons (Fsp3) is 0.778. The first-order chi connectivity index (χ1) is 17.3. The summed E-state index contributed by atoms with van der Waals surface area (Å²) in [5.74, 6) is 0.215. The highest BCUT2D eigenvalue weighted by Gasteiger charge is 2.69. The fourth-order valence-corrected chi connectivity index (χ4v) is 7.94. The first-order valence-electron chi connectivity index (χ1n) is 13.9. The summed E-state index contributed by atoms with van der Waals surface area (Å²) < 4.78 is 0. The van der Waals surface area contributed by atoms with Gasteiger partial charge in [-0.05, 0) is 52.0 Å². The van der Waals surface area contributed by atoms with Crippen molar-refractivity contribution in [2.75, 3.05) is 13.6 Å². The molecule has 5 rings (SSSR count). The van der Waals surface area contributed by atoms with Crippen LogP contribution >= 0.6 is 11.3 Å². The highest BCUT2D eigenvalue weighted by atomic mass is 32.1. The smallest absolute Gasteiger partial charge is 0.246 e. The Morgan fingerprint density at radius 1 is 1.11 bits per heavy atom. The average Bonchev–Trinajstić information content (AvgIpc) is 3.23. The van der Waals surface area contributed by atoms with E-state index in [1.165, 1.54) is 24.2 Å². The fourth-order valence-electron chi connectivity index (χ4n) is 6.99. The van der Waals surface area contributed by atoms with Crippen molar-refractivity contribution >= 4 is 36.2 Å². The van der Waals surface area contributed by atoms with Gasteiger partial charge in [-0.3, -0.25) is 14.4 Å². The van der Waals surface area contributed by atoms with Crippen molar-refractivity contribution in [2.45, 2.75) is 113 Å². The molecular weight excluding hydrogens is 471 g/mol. The molecule has 1 radical (unpaired) electrons. The standard InChI is InChI=1S/C27H40BN4O3S/c1-17(29-3)23(34)31-21(18-10-5-4-6-11-18)25(35)32-15-9-12-20(32)24-30-19(16-36-24)22(33)27-14-8-7-13-26(27,2)28-27/h16-18,20-21,29H,4-15H2,1-3H3,(H,31,34)/t17?,20?,21?,26-,27?/m1/s1. The molecule has 5 atom stereocenters. The second-order valence-electron chi connectivity index (χ2n) is 11.7. The van der Waals surface area contributed by atoms with Crippen molar-refractivity contribution < 1.29 is 14.4 Å². The zero-order valence-electron chi connectivity index (χ0n) is 22.0. The number of likely N-dealkylation sites (tertiary alicyclic amines) is 1. The lowest BCUT2D eigenvalue weighted by Gasteiger charge is -2.35. The van der Waals surface area contributed by atoms with E-state index in [0.717, 1.165) is 62.8 Å². The van der Waals surface area contributed by atoms with Crippen LogP contribution in [-0.2, 0) is 9.59 Å². The van der Waals surface area contributed by atoms with Crippen LogP contribution < -0.4 is 10.6 Å². The maximum Gasteiger partial charge on any atom is 0.246 e. The lowest BCUT2D eigenvalue weighted by atomic mass is 9.76. The molecule has 2 amide bonds. The van der Waals surface area contributed by atoms with Crippen LogP contribution in [0.25, 0.3) is 0 Å². The van der Waals surface area contributed by atoms with Gasteiger partial charge in [-0.2, -0.15) is 0 Å². The summed E-state index contributed by atoms with van der Waals surface area (Å²) in [5, 5.41) is 8.54. The summed E-state index contributed by atoms with van der Waals surface area (Å²) in [6.45, 7) is 4.70. The minimum Gasteiger partial charge on any atom is -0.343 e. The number of thiazole rings is 1. The molecule has 4 aliphatic rings. The van der Waals surface area contributed by atoms with Crippen molar-refractivity contribution in [2.24, 2.45) is 5.92 Å². The van der Waals surface area contributed by atoms with E-state index in [-0.39, 0.29) is 46.2 Å². The largest absolute Gasteiger partial charge is 0.343 e. The van der Waals surface area contributed by atoms with Crippen molar-refractivity contribution in [3.63, 3.8) is 0 Å². The van der Waals surface area contributed by atoms with E-state index in [0.29, 0.717) is 12.2 Å². The van der Waals surface area contributed by atoms with E-state index in [2.05, 4.69) is 24.8 Å². The maximum absolute atomic E-state index is 14.0. The van der Waals surface area contributed by atoms with E-state index < -0.39 is 6.04 Å². The monoisotopic (exact) mass is 511 g/mol. The van der Waals surface area contributed by atoms with Crippen LogP contribution in [0.2, 0.25) is 10.6 Å². The Morgan fingerprint density at radius 3 is 2.58 bits per heavy atom. The lowest BCUT2D eigenvalue weighted by molar-refractivity contribution is -0.139. The van der Waals surface area contributed by atoms with Crippen molar-refractivity contribution in [3.8, 4) is 0 Å². The van der Waals surface area contributed by atoms with Gasteiger partial charge in [0.1, 0.15) is 24.0 Å². The first-order valence-corrected chi connectivity index (χ1v) is 14.8. The Balaban J connectivity index is 1.33. The van der Waals surface area contributed by atoms with Crippen LogP contribution in [0, 0.1) is 5.92 Å². The third kappa shape index (κ3) is 4.55. The summed E-state index contributed by atoms with van der Waals surface area (Å²) in [7, 11) is 4.01. The third-order valence-corrected chi connectivity index (χ3v) is 10.5. The van der Waals surface area contributed by atoms with Crippen molar-refractivity contribution in [1.82, 2.24) is 20.5 Å². The molecule has 7 nitrogen and oxygen atoms in total. The van der Waals surface area contributed by atoms with Gasteiger partial charge in [-0.25, -0.2) is 4.98 Å². The van der Waals surface area contributed by atoms with Crippen LogP contribution in [0.4, 0.5) is 0 Å².